The number of rotatable bonds is 16. The van der Waals surface area contributed by atoms with Crippen LogP contribution in [0.15, 0.2) is 33.6 Å². The van der Waals surface area contributed by atoms with Crippen molar-refractivity contribution in [3.63, 3.8) is 0 Å². The summed E-state index contributed by atoms with van der Waals surface area (Å²) in [6.07, 6.45) is 6.54. The second kappa shape index (κ2) is 15.7. The highest BCUT2D eigenvalue weighted by molar-refractivity contribution is 8.26. The lowest BCUT2D eigenvalue weighted by atomic mass is 9.54. The van der Waals surface area contributed by atoms with Gasteiger partial charge in [-0.15, -0.1) is 0 Å². The third kappa shape index (κ3) is 7.99. The van der Waals surface area contributed by atoms with Crippen molar-refractivity contribution in [2.24, 2.45) is 41.2 Å². The van der Waals surface area contributed by atoms with Crippen LogP contribution in [0.25, 0.3) is 17.4 Å². The first kappa shape index (κ1) is 37.4. The highest BCUT2D eigenvalue weighted by atomic mass is 32.2. The van der Waals surface area contributed by atoms with Crippen molar-refractivity contribution >= 4 is 64.1 Å². The number of thiocarbonyl (C=S) groups is 1. The molecule has 5 fully saturated rings. The minimum Gasteiger partial charge on any atom is -0.497 e. The van der Waals surface area contributed by atoms with Crippen molar-refractivity contribution in [1.29, 1.82) is 0 Å². The molecule has 5 aliphatic rings. The number of esters is 1. The monoisotopic (exact) mass is 754 g/mol. The summed E-state index contributed by atoms with van der Waals surface area (Å²) >= 11 is 7.08. The number of nitrogens with two attached hydrogens (primary N) is 1. The zero-order valence-electron chi connectivity index (χ0n) is 28.9. The molecule has 4 bridgehead atoms. The first-order valence-electron chi connectivity index (χ1n) is 17.4. The van der Waals surface area contributed by atoms with E-state index in [2.05, 4.69) is 0 Å². The summed E-state index contributed by atoms with van der Waals surface area (Å²) in [7, 11) is 3.08. The van der Waals surface area contributed by atoms with E-state index in [0.717, 1.165) is 37.5 Å². The number of ether oxygens (including phenoxy) is 3. The van der Waals surface area contributed by atoms with Gasteiger partial charge in [-0.3, -0.25) is 28.9 Å². The van der Waals surface area contributed by atoms with E-state index < -0.39 is 48.5 Å². The topological polar surface area (TPSA) is 196 Å². The number of carbonyl (C=O) groups is 5. The predicted molar refractivity (Wildman–Crippen MR) is 193 cm³/mol. The van der Waals surface area contributed by atoms with E-state index >= 15 is 0 Å². The van der Waals surface area contributed by atoms with Crippen molar-refractivity contribution in [3.05, 3.63) is 40.5 Å². The predicted octanol–water partition coefficient (Wildman–Crippen LogP) is 5.13. The van der Waals surface area contributed by atoms with Crippen molar-refractivity contribution < 1.29 is 52.8 Å². The van der Waals surface area contributed by atoms with Gasteiger partial charge in [0.15, 0.2) is 0 Å². The van der Waals surface area contributed by atoms with Crippen LogP contribution in [-0.4, -0.2) is 76.0 Å². The molecular formula is C37H42N2O11S2. The molecule has 2 aromatic rings. The van der Waals surface area contributed by atoms with Crippen molar-refractivity contribution in [1.82, 2.24) is 4.90 Å². The average molecular weight is 755 g/mol. The molecule has 1 aromatic carbocycles. The number of hydrogen-bond acceptors (Lipinski definition) is 11. The van der Waals surface area contributed by atoms with Gasteiger partial charge in [0.2, 0.25) is 5.91 Å². The van der Waals surface area contributed by atoms with Crippen LogP contribution in [0.5, 0.6) is 11.5 Å². The lowest BCUT2D eigenvalue weighted by molar-refractivity contribution is -0.158. The Morgan fingerprint density at radius 2 is 1.56 bits per heavy atom. The molecule has 0 spiro atoms. The molecule has 13 nitrogen and oxygen atoms in total. The minimum atomic E-state index is -1.57. The van der Waals surface area contributed by atoms with Gasteiger partial charge in [-0.2, -0.15) is 0 Å². The third-order valence-electron chi connectivity index (χ3n) is 10.8. The normalized spacial score (nSPS) is 25.3. The van der Waals surface area contributed by atoms with E-state index in [-0.39, 0.29) is 25.0 Å². The first-order chi connectivity index (χ1) is 24.8. The molecule has 4 saturated carbocycles. The summed E-state index contributed by atoms with van der Waals surface area (Å²) in [5.74, 6) is -3.76. The maximum absolute atomic E-state index is 14.0. The van der Waals surface area contributed by atoms with Crippen molar-refractivity contribution in [2.75, 3.05) is 20.8 Å². The highest BCUT2D eigenvalue weighted by Gasteiger charge is 2.53. The number of benzene rings is 1. The van der Waals surface area contributed by atoms with E-state index in [0.29, 0.717) is 61.6 Å². The van der Waals surface area contributed by atoms with Crippen LogP contribution in [0.2, 0.25) is 0 Å². The van der Waals surface area contributed by atoms with Gasteiger partial charge in [0.25, 0.3) is 5.91 Å². The molecule has 7 rings (SSSR count). The number of nitrogens with zero attached hydrogens (tertiary/aromatic N) is 1. The Morgan fingerprint density at radius 1 is 0.962 bits per heavy atom. The van der Waals surface area contributed by atoms with Crippen molar-refractivity contribution in [3.8, 4) is 22.8 Å². The molecule has 4 N–H and O–H groups in total. The maximum Gasteiger partial charge on any atom is 0.310 e. The number of hydrogen-bond donors (Lipinski definition) is 3. The molecule has 2 atom stereocenters. The summed E-state index contributed by atoms with van der Waals surface area (Å²) in [5, 5.41) is 18.5. The fourth-order valence-electron chi connectivity index (χ4n) is 8.78. The number of thioether (sulfide) groups is 1. The molecule has 278 valence electrons. The second-order valence-corrected chi connectivity index (χ2v) is 15.8. The summed E-state index contributed by atoms with van der Waals surface area (Å²) in [5.41, 5.74) is 6.70. The SMILES string of the molecule is COc1cc(OC)cc(-c2cc(CCCOC(=O)[C@H](CC(=O)O)[C@@H](CC(=O)O)C(N)=O)c(C=C3SC(=S)N(C4C5CC6CC(C5)CC4C6)C3=O)o2)c1. The Hall–Kier alpha value is -4.37. The zero-order chi connectivity index (χ0) is 37.3. The fraction of sp³-hybridized carbons (Fsp3) is 0.514. The molecular weight excluding hydrogens is 713 g/mol. The third-order valence-corrected chi connectivity index (χ3v) is 12.1. The standard InChI is InChI=1S/C37H42N2O11S2/c1-47-24-11-21(12-25(14-24)48-2)28-13-20(4-3-5-49-36(46)27(16-32(42)43)26(34(38)44)15-31(40)41)29(50-28)17-30-35(45)39(37(51)52-30)33-22-7-18-6-19(9-22)10-23(33)8-18/h11-14,17-19,22-23,26-27,33H,3-10,15-16H2,1-2H3,(H2,38,44)(H,40,41)(H,42,43)/t18?,19?,22?,23?,26-,27-,33?/m1/s1. The Morgan fingerprint density at radius 3 is 2.12 bits per heavy atom. The Balaban J connectivity index is 1.23. The van der Waals surface area contributed by atoms with Crippen LogP contribution in [0, 0.1) is 35.5 Å². The van der Waals surface area contributed by atoms with E-state index in [4.69, 9.17) is 36.6 Å². The quantitative estimate of drug-likeness (QED) is 0.0884. The van der Waals surface area contributed by atoms with E-state index in [1.165, 1.54) is 18.2 Å². The number of carboxylic acid groups (broad SMARTS) is 2. The lowest BCUT2D eigenvalue weighted by Crippen LogP contribution is -2.57. The molecule has 1 saturated heterocycles. The van der Waals surface area contributed by atoms with Gasteiger partial charge >= 0.3 is 17.9 Å². The number of carboxylic acids is 2. The molecule has 0 unspecified atom stereocenters. The van der Waals surface area contributed by atoms with E-state index in [1.807, 2.05) is 11.0 Å². The number of methoxy groups -OCH3 is 2. The second-order valence-electron chi connectivity index (χ2n) is 14.2. The van der Waals surface area contributed by atoms with Crippen LogP contribution in [0.4, 0.5) is 0 Å². The molecule has 2 amide bonds. The Bertz CT molecular complexity index is 1750. The number of primary amides is 1. The van der Waals surface area contributed by atoms with Crippen molar-refractivity contribution in [2.45, 2.75) is 63.8 Å². The maximum atomic E-state index is 14.0. The molecule has 52 heavy (non-hydrogen) atoms. The van der Waals surface area contributed by atoms with Gasteiger partial charge in [0.05, 0.1) is 50.4 Å². The molecule has 2 heterocycles. The number of amides is 2. The van der Waals surface area contributed by atoms with Crippen LogP contribution in [0.1, 0.15) is 62.7 Å². The average Bonchev–Trinajstić information content (AvgIpc) is 3.62. The smallest absolute Gasteiger partial charge is 0.310 e. The largest absolute Gasteiger partial charge is 0.497 e. The molecule has 1 aliphatic heterocycles. The van der Waals surface area contributed by atoms with Gasteiger partial charge in [0, 0.05) is 23.7 Å². The molecule has 0 radical (unpaired) electrons. The number of aliphatic carboxylic acids is 2. The summed E-state index contributed by atoms with van der Waals surface area (Å²) in [6.45, 7) is -0.172. The van der Waals surface area contributed by atoms with Gasteiger partial charge in [-0.05, 0) is 92.4 Å². The molecule has 1 aromatic heterocycles. The fourth-order valence-corrected chi connectivity index (χ4v) is 10.1. The van der Waals surface area contributed by atoms with Crippen LogP contribution in [-0.2, 0) is 35.1 Å². The van der Waals surface area contributed by atoms with Gasteiger partial charge in [-0.25, -0.2) is 0 Å². The van der Waals surface area contributed by atoms with Gasteiger partial charge in [-0.1, -0.05) is 24.0 Å². The van der Waals surface area contributed by atoms with E-state index in [1.54, 1.807) is 38.5 Å². The Kier molecular flexibility index (Phi) is 11.3. The van der Waals surface area contributed by atoms with Gasteiger partial charge < -0.3 is 34.6 Å². The van der Waals surface area contributed by atoms with Crippen LogP contribution < -0.4 is 15.2 Å². The highest BCUT2D eigenvalue weighted by Crippen LogP contribution is 2.56. The number of aryl methyl sites for hydroxylation is 1. The Labute approximate surface area is 310 Å². The number of furan rings is 1. The first-order valence-corrected chi connectivity index (χ1v) is 18.6. The van der Waals surface area contributed by atoms with Crippen LogP contribution in [0.3, 0.4) is 0 Å². The number of carbonyl (C=O) groups excluding carboxylic acids is 3. The van der Waals surface area contributed by atoms with E-state index in [9.17, 15) is 34.2 Å². The minimum absolute atomic E-state index is 0.117. The molecule has 15 heteroatoms. The summed E-state index contributed by atoms with van der Waals surface area (Å²) < 4.78 is 23.2. The zero-order valence-corrected chi connectivity index (χ0v) is 30.5. The van der Waals surface area contributed by atoms with Crippen LogP contribution >= 0.6 is 24.0 Å². The molecule has 4 aliphatic carbocycles. The van der Waals surface area contributed by atoms with Gasteiger partial charge in [0.1, 0.15) is 27.3 Å². The summed E-state index contributed by atoms with van der Waals surface area (Å²) in [4.78, 5) is 64.0. The summed E-state index contributed by atoms with van der Waals surface area (Å²) in [6, 6.07) is 7.25. The lowest BCUT2D eigenvalue weighted by Gasteiger charge is -2.56.